The molecule has 0 spiro atoms. The smallest absolute Gasteiger partial charge is 0.351 e. The lowest BCUT2D eigenvalue weighted by Gasteiger charge is -2.14. The van der Waals surface area contributed by atoms with E-state index >= 15 is 0 Å². The van der Waals surface area contributed by atoms with E-state index in [-0.39, 0.29) is 73.9 Å². The quantitative estimate of drug-likeness (QED) is 0.0280. The van der Waals surface area contributed by atoms with Gasteiger partial charge in [0, 0.05) is 24.3 Å². The monoisotopic (exact) mass is 785 g/mol. The lowest BCUT2D eigenvalue weighted by atomic mass is 10.1. The van der Waals surface area contributed by atoms with Gasteiger partial charge in [0.05, 0.1) is 17.1 Å². The Morgan fingerprint density at radius 1 is 0.789 bits per heavy atom. The highest BCUT2D eigenvalue weighted by molar-refractivity contribution is 5.61. The molecule has 5 aromatic rings. The van der Waals surface area contributed by atoms with Crippen LogP contribution in [-0.4, -0.2) is 52.2 Å². The maximum Gasteiger partial charge on any atom is 0.351 e. The van der Waals surface area contributed by atoms with Gasteiger partial charge >= 0.3 is 5.69 Å². The predicted octanol–water partition coefficient (Wildman–Crippen LogP) is 6.17. The van der Waals surface area contributed by atoms with E-state index in [9.17, 15) is 20.0 Å². The number of H-pyrrole nitrogens is 1. The second-order valence-electron chi connectivity index (χ2n) is 12.1. The molecule has 0 atom stereocenters. The fourth-order valence-corrected chi connectivity index (χ4v) is 5.50. The number of anilines is 3. The minimum atomic E-state index is -0.776. The zero-order valence-electron chi connectivity index (χ0n) is 30.2. The number of hydrogen-bond acceptors (Lipinski definition) is 20. The summed E-state index contributed by atoms with van der Waals surface area (Å²) >= 11 is 0. The van der Waals surface area contributed by atoms with Crippen LogP contribution in [-0.2, 0) is 52.5 Å². The number of nitrogens with one attached hydrogen (secondary N) is 3. The number of rotatable bonds is 18. The van der Waals surface area contributed by atoms with Crippen LogP contribution in [0.2, 0.25) is 0 Å². The van der Waals surface area contributed by atoms with Crippen LogP contribution in [0.15, 0.2) is 84.6 Å². The molecule has 57 heavy (non-hydrogen) atoms. The fourth-order valence-electron chi connectivity index (χ4n) is 5.50. The minimum Gasteiger partial charge on any atom is -0.493 e. The van der Waals surface area contributed by atoms with Crippen LogP contribution in [0.4, 0.5) is 40.3 Å². The zero-order valence-corrected chi connectivity index (χ0v) is 30.2. The Morgan fingerprint density at radius 3 is 1.88 bits per heavy atom. The van der Waals surface area contributed by atoms with Gasteiger partial charge in [-0.1, -0.05) is 12.1 Å². The SMILES string of the molecule is Cc1cc(Nc2nc(NCCn3c(O)c(C#N)c(C)c(N=Nc4cc(COO)cc(COO)c4)c3=O)nc(=O)[nH]2)ccc1N=Nc1cc(COO)cc(COO)c1. The van der Waals surface area contributed by atoms with Crippen LogP contribution in [0, 0.1) is 25.2 Å². The van der Waals surface area contributed by atoms with Crippen LogP contribution in [0.25, 0.3) is 0 Å². The van der Waals surface area contributed by atoms with Crippen molar-refractivity contribution in [3.63, 3.8) is 0 Å². The van der Waals surface area contributed by atoms with Gasteiger partial charge in [-0.15, -0.1) is 5.11 Å². The highest BCUT2D eigenvalue weighted by atomic mass is 17.1. The summed E-state index contributed by atoms with van der Waals surface area (Å²) in [6, 6.07) is 16.5. The third-order valence-electron chi connectivity index (χ3n) is 8.04. The van der Waals surface area contributed by atoms with Crippen molar-refractivity contribution in [3.05, 3.63) is 114 Å². The number of nitrogens with zero attached hydrogens (tertiary/aromatic N) is 8. The van der Waals surface area contributed by atoms with Gasteiger partial charge in [0.15, 0.2) is 5.69 Å². The Labute approximate surface area is 321 Å². The van der Waals surface area contributed by atoms with Crippen molar-refractivity contribution in [3.8, 4) is 11.9 Å². The second-order valence-corrected chi connectivity index (χ2v) is 12.1. The zero-order chi connectivity index (χ0) is 40.9. The summed E-state index contributed by atoms with van der Waals surface area (Å²) in [7, 11) is 0. The Kier molecular flexibility index (Phi) is 14.3. The van der Waals surface area contributed by atoms with Crippen LogP contribution in [0.1, 0.15) is 38.9 Å². The highest BCUT2D eigenvalue weighted by Crippen LogP contribution is 2.29. The number of aromatic amines is 1. The summed E-state index contributed by atoms with van der Waals surface area (Å²) in [5, 5.41) is 78.5. The third-order valence-corrected chi connectivity index (χ3v) is 8.04. The van der Waals surface area contributed by atoms with E-state index in [4.69, 9.17) is 21.0 Å². The first-order chi connectivity index (χ1) is 27.5. The van der Waals surface area contributed by atoms with E-state index in [1.165, 1.54) is 19.1 Å². The molecule has 22 heteroatoms. The lowest BCUT2D eigenvalue weighted by Crippen LogP contribution is -2.26. The molecule has 0 fully saturated rings. The second kappa shape index (κ2) is 19.7. The van der Waals surface area contributed by atoms with Crippen LogP contribution < -0.4 is 21.9 Å². The van der Waals surface area contributed by atoms with E-state index < -0.39 is 17.1 Å². The van der Waals surface area contributed by atoms with Gasteiger partial charge in [-0.3, -0.25) is 35.4 Å². The van der Waals surface area contributed by atoms with Gasteiger partial charge in [-0.05, 0) is 84.1 Å². The molecule has 296 valence electrons. The number of aromatic nitrogens is 4. The fraction of sp³-hybridized carbons (Fsp3) is 0.229. The number of aromatic hydroxyl groups is 1. The number of pyridine rings is 1. The largest absolute Gasteiger partial charge is 0.493 e. The van der Waals surface area contributed by atoms with Gasteiger partial charge in [-0.2, -0.15) is 30.6 Å². The van der Waals surface area contributed by atoms with E-state index in [1.807, 2.05) is 6.07 Å². The first-order valence-corrected chi connectivity index (χ1v) is 16.7. The first kappa shape index (κ1) is 41.4. The molecular formula is C35H35N11O11. The van der Waals surface area contributed by atoms with E-state index in [1.54, 1.807) is 49.4 Å². The molecule has 0 aliphatic carbocycles. The number of aryl methyl sites for hydroxylation is 1. The molecule has 0 aliphatic heterocycles. The molecule has 0 amide bonds. The molecular weight excluding hydrogens is 750 g/mol. The number of benzene rings is 3. The molecule has 3 aromatic carbocycles. The summed E-state index contributed by atoms with van der Waals surface area (Å²) in [6.45, 7) is 2.29. The standard InChI is InChI=1S/C35H35N11O11/c1-19-7-25(3-4-29(19)44-42-26-10-21(15-54-50)8-22(11-26)16-55-51)38-34-39-33(40-35(49)41-34)37-5-6-46-31(47)28(14-36)20(2)30(32(46)48)45-43-27-12-23(17-56-52)9-24(13-27)18-57-53/h3-4,7-13,47,50-53H,5-6,15-18H2,1-2H3,(H3,37,38,39,40,41,49). The maximum atomic E-state index is 13.5. The highest BCUT2D eigenvalue weighted by Gasteiger charge is 2.19. The third kappa shape index (κ3) is 10.9. The van der Waals surface area contributed by atoms with Gasteiger partial charge in [0.1, 0.15) is 38.1 Å². The lowest BCUT2D eigenvalue weighted by molar-refractivity contribution is -0.254. The summed E-state index contributed by atoms with van der Waals surface area (Å²) in [5.74, 6) is -0.692. The van der Waals surface area contributed by atoms with E-state index in [0.29, 0.717) is 44.9 Å². The summed E-state index contributed by atoms with van der Waals surface area (Å²) in [5.41, 5.74) is 2.56. The van der Waals surface area contributed by atoms with Crippen molar-refractivity contribution in [2.75, 3.05) is 17.2 Å². The normalized spacial score (nSPS) is 11.4. The van der Waals surface area contributed by atoms with Gasteiger partial charge in [-0.25, -0.2) is 24.3 Å². The van der Waals surface area contributed by atoms with Gasteiger partial charge in [0.2, 0.25) is 17.8 Å². The Balaban J connectivity index is 1.30. The number of nitriles is 1. The molecule has 5 rings (SSSR count). The summed E-state index contributed by atoms with van der Waals surface area (Å²) in [4.78, 5) is 53.3. The van der Waals surface area contributed by atoms with Crippen molar-refractivity contribution in [1.82, 2.24) is 19.5 Å². The van der Waals surface area contributed by atoms with Crippen molar-refractivity contribution in [2.45, 2.75) is 46.8 Å². The molecule has 0 unspecified atom stereocenters. The molecule has 0 radical (unpaired) electrons. The Morgan fingerprint density at radius 2 is 1.35 bits per heavy atom. The Hall–Kier alpha value is -6.81. The van der Waals surface area contributed by atoms with Gasteiger partial charge < -0.3 is 15.7 Å². The van der Waals surface area contributed by atoms with Crippen molar-refractivity contribution in [2.24, 2.45) is 20.5 Å². The number of hydrogen-bond donors (Lipinski definition) is 8. The predicted molar refractivity (Wildman–Crippen MR) is 198 cm³/mol. The molecule has 8 N–H and O–H groups in total. The maximum absolute atomic E-state index is 13.5. The molecule has 0 saturated heterocycles. The van der Waals surface area contributed by atoms with E-state index in [2.05, 4.69) is 65.6 Å². The van der Waals surface area contributed by atoms with Crippen molar-refractivity contribution < 1.29 is 45.7 Å². The van der Waals surface area contributed by atoms with Crippen LogP contribution in [0.3, 0.4) is 0 Å². The van der Waals surface area contributed by atoms with Crippen LogP contribution in [0.5, 0.6) is 5.88 Å². The molecule has 0 saturated carbocycles. The van der Waals surface area contributed by atoms with E-state index in [0.717, 1.165) is 4.57 Å². The minimum absolute atomic E-state index is 0.0287. The molecule has 0 bridgehead atoms. The van der Waals surface area contributed by atoms with Crippen LogP contribution >= 0.6 is 0 Å². The first-order valence-electron chi connectivity index (χ1n) is 16.7. The average molecular weight is 786 g/mol. The van der Waals surface area contributed by atoms with Gasteiger partial charge in [0.25, 0.3) is 5.56 Å². The Bertz CT molecular complexity index is 2400. The topological polar surface area (TPSA) is 316 Å². The summed E-state index contributed by atoms with van der Waals surface area (Å²) in [6.07, 6.45) is 0. The summed E-state index contributed by atoms with van der Waals surface area (Å²) < 4.78 is 0.907. The molecule has 2 aromatic heterocycles. The number of azo groups is 2. The van der Waals surface area contributed by atoms with Crippen molar-refractivity contribution >= 4 is 40.3 Å². The molecule has 0 aliphatic rings. The molecule has 2 heterocycles. The van der Waals surface area contributed by atoms with Crippen molar-refractivity contribution in [1.29, 1.82) is 5.26 Å². The molecule has 22 nitrogen and oxygen atoms in total. The average Bonchev–Trinajstić information content (AvgIpc) is 3.16.